The maximum Gasteiger partial charge on any atom is 0.244 e. The molecule has 8 heteroatoms. The van der Waals surface area contributed by atoms with Crippen LogP contribution in [0, 0.1) is 0 Å². The molecule has 0 saturated carbocycles. The van der Waals surface area contributed by atoms with Crippen molar-refractivity contribution < 1.29 is 14.4 Å². The van der Waals surface area contributed by atoms with E-state index >= 15 is 0 Å². The maximum atomic E-state index is 12.3. The van der Waals surface area contributed by atoms with Crippen LogP contribution >= 0.6 is 12.4 Å². The molecular formula is C16H23ClN4O3. The zero-order valence-electron chi connectivity index (χ0n) is 13.6. The smallest absolute Gasteiger partial charge is 0.244 e. The van der Waals surface area contributed by atoms with Crippen molar-refractivity contribution in [3.63, 3.8) is 0 Å². The molecule has 2 rings (SSSR count). The lowest BCUT2D eigenvalue weighted by molar-refractivity contribution is -0.125. The normalized spacial score (nSPS) is 12.7. The third-order valence-electron chi connectivity index (χ3n) is 3.56. The second kappa shape index (κ2) is 9.89. The minimum atomic E-state index is -0.228. The Labute approximate surface area is 147 Å². The Morgan fingerprint density at radius 1 is 1.21 bits per heavy atom. The number of nitrogens with one attached hydrogen (secondary N) is 3. The van der Waals surface area contributed by atoms with Crippen LogP contribution < -0.4 is 20.9 Å². The van der Waals surface area contributed by atoms with E-state index in [-0.39, 0.29) is 49.5 Å². The topological polar surface area (TPSA) is 90.5 Å². The quantitative estimate of drug-likeness (QED) is 0.634. The minimum absolute atomic E-state index is 0. The second-order valence-corrected chi connectivity index (χ2v) is 5.35. The Kier molecular flexibility index (Phi) is 8.21. The van der Waals surface area contributed by atoms with Crippen molar-refractivity contribution in [2.24, 2.45) is 0 Å². The highest BCUT2D eigenvalue weighted by Gasteiger charge is 2.26. The van der Waals surface area contributed by atoms with Crippen molar-refractivity contribution in [1.29, 1.82) is 0 Å². The molecule has 1 aliphatic rings. The van der Waals surface area contributed by atoms with Crippen LogP contribution in [0.2, 0.25) is 0 Å². The van der Waals surface area contributed by atoms with Crippen LogP contribution in [0.3, 0.4) is 0 Å². The molecule has 0 aromatic heterocycles. The molecule has 0 spiro atoms. The Hall–Kier alpha value is -2.12. The summed E-state index contributed by atoms with van der Waals surface area (Å²) < 4.78 is 0. The fraction of sp³-hybridized carbons (Fsp3) is 0.438. The molecule has 7 nitrogen and oxygen atoms in total. The Bertz CT molecular complexity index is 594. The molecule has 0 atom stereocenters. The molecule has 3 amide bonds. The van der Waals surface area contributed by atoms with E-state index in [1.54, 1.807) is 18.2 Å². The van der Waals surface area contributed by atoms with Crippen LogP contribution in [0.1, 0.15) is 19.3 Å². The Balaban J connectivity index is 0.00000288. The van der Waals surface area contributed by atoms with Crippen LogP contribution in [0.5, 0.6) is 0 Å². The van der Waals surface area contributed by atoms with Crippen LogP contribution in [0.4, 0.5) is 11.4 Å². The van der Waals surface area contributed by atoms with Gasteiger partial charge in [0.25, 0.3) is 0 Å². The summed E-state index contributed by atoms with van der Waals surface area (Å²) in [6.45, 7) is 1.40. The van der Waals surface area contributed by atoms with Gasteiger partial charge in [-0.2, -0.15) is 0 Å². The van der Waals surface area contributed by atoms with Crippen LogP contribution in [0.25, 0.3) is 0 Å². The average Bonchev–Trinajstić information content (AvgIpc) is 2.55. The first kappa shape index (κ1) is 19.9. The van der Waals surface area contributed by atoms with Gasteiger partial charge in [0.05, 0.1) is 11.4 Å². The highest BCUT2D eigenvalue weighted by molar-refractivity contribution is 6.10. The summed E-state index contributed by atoms with van der Waals surface area (Å²) in [5, 5.41) is 8.50. The number of para-hydroxylation sites is 2. The fourth-order valence-electron chi connectivity index (χ4n) is 2.39. The molecule has 0 bridgehead atoms. The van der Waals surface area contributed by atoms with Crippen molar-refractivity contribution in [3.05, 3.63) is 24.3 Å². The van der Waals surface area contributed by atoms with Gasteiger partial charge in [0.15, 0.2) is 0 Å². The minimum Gasteiger partial charge on any atom is -0.356 e. The van der Waals surface area contributed by atoms with Crippen molar-refractivity contribution in [1.82, 2.24) is 10.6 Å². The number of fused-ring (bicyclic) bond motifs is 1. The van der Waals surface area contributed by atoms with Gasteiger partial charge in [-0.3, -0.25) is 14.4 Å². The molecule has 0 saturated heterocycles. The first-order chi connectivity index (χ1) is 11.1. The third-order valence-corrected chi connectivity index (χ3v) is 3.56. The number of halogens is 1. The number of benzene rings is 1. The number of carbonyl (C=O) groups excluding carboxylic acids is 3. The molecular weight excluding hydrogens is 332 g/mol. The lowest BCUT2D eigenvalue weighted by atomic mass is 10.1. The molecule has 1 heterocycles. The van der Waals surface area contributed by atoms with Crippen molar-refractivity contribution in [2.75, 3.05) is 36.9 Å². The highest BCUT2D eigenvalue weighted by Crippen LogP contribution is 2.29. The number of rotatable bonds is 7. The van der Waals surface area contributed by atoms with Crippen molar-refractivity contribution >= 4 is 41.5 Å². The molecule has 3 N–H and O–H groups in total. The zero-order chi connectivity index (χ0) is 16.7. The SMILES string of the molecule is CNCCCNC(=O)CCC(=O)N1CC(=O)Nc2ccccc21.Cl. The fourth-order valence-corrected chi connectivity index (χ4v) is 2.39. The largest absolute Gasteiger partial charge is 0.356 e. The lowest BCUT2D eigenvalue weighted by Crippen LogP contribution is -2.42. The van der Waals surface area contributed by atoms with E-state index in [9.17, 15) is 14.4 Å². The Morgan fingerprint density at radius 2 is 1.96 bits per heavy atom. The molecule has 132 valence electrons. The number of anilines is 2. The van der Waals surface area contributed by atoms with E-state index in [0.29, 0.717) is 17.9 Å². The van der Waals surface area contributed by atoms with E-state index in [2.05, 4.69) is 16.0 Å². The van der Waals surface area contributed by atoms with Crippen molar-refractivity contribution in [2.45, 2.75) is 19.3 Å². The molecule has 0 radical (unpaired) electrons. The molecule has 1 aromatic carbocycles. The van der Waals surface area contributed by atoms with Gasteiger partial charge in [-0.25, -0.2) is 0 Å². The molecule has 0 unspecified atom stereocenters. The number of amides is 3. The first-order valence-electron chi connectivity index (χ1n) is 7.72. The van der Waals surface area contributed by atoms with Gasteiger partial charge in [0.2, 0.25) is 17.7 Å². The number of nitrogens with zero attached hydrogens (tertiary/aromatic N) is 1. The summed E-state index contributed by atoms with van der Waals surface area (Å²) in [5.41, 5.74) is 1.29. The molecule has 0 fully saturated rings. The van der Waals surface area contributed by atoms with Gasteiger partial charge < -0.3 is 20.9 Å². The van der Waals surface area contributed by atoms with Gasteiger partial charge in [-0.15, -0.1) is 12.4 Å². The zero-order valence-corrected chi connectivity index (χ0v) is 14.4. The second-order valence-electron chi connectivity index (χ2n) is 5.35. The predicted molar refractivity (Wildman–Crippen MR) is 95.5 cm³/mol. The number of hydrogen-bond acceptors (Lipinski definition) is 4. The monoisotopic (exact) mass is 354 g/mol. The summed E-state index contributed by atoms with van der Waals surface area (Å²) in [5.74, 6) is -0.601. The first-order valence-corrected chi connectivity index (χ1v) is 7.72. The van der Waals surface area contributed by atoms with E-state index in [1.807, 2.05) is 13.1 Å². The van der Waals surface area contributed by atoms with E-state index in [1.165, 1.54) is 4.90 Å². The number of hydrogen-bond donors (Lipinski definition) is 3. The van der Waals surface area contributed by atoms with Crippen LogP contribution in [-0.4, -0.2) is 44.4 Å². The standard InChI is InChI=1S/C16H22N4O3.ClH/c1-17-9-4-10-18-14(21)7-8-16(23)20-11-15(22)19-12-5-2-3-6-13(12)20;/h2-3,5-6,17H,4,7-11H2,1H3,(H,18,21)(H,19,22);1H. The molecule has 1 aliphatic heterocycles. The van der Waals surface area contributed by atoms with Gasteiger partial charge >= 0.3 is 0 Å². The highest BCUT2D eigenvalue weighted by atomic mass is 35.5. The van der Waals surface area contributed by atoms with Crippen LogP contribution in [-0.2, 0) is 14.4 Å². The third kappa shape index (κ3) is 5.50. The summed E-state index contributed by atoms with van der Waals surface area (Å²) in [4.78, 5) is 37.2. The molecule has 1 aromatic rings. The summed E-state index contributed by atoms with van der Waals surface area (Å²) >= 11 is 0. The van der Waals surface area contributed by atoms with E-state index in [4.69, 9.17) is 0 Å². The van der Waals surface area contributed by atoms with Crippen LogP contribution in [0.15, 0.2) is 24.3 Å². The van der Waals surface area contributed by atoms with E-state index < -0.39 is 0 Å². The summed E-state index contributed by atoms with van der Waals surface area (Å²) in [6.07, 6.45) is 1.05. The van der Waals surface area contributed by atoms with Gasteiger partial charge in [-0.1, -0.05) is 12.1 Å². The Morgan fingerprint density at radius 3 is 2.71 bits per heavy atom. The summed E-state index contributed by atoms with van der Waals surface area (Å²) in [6, 6.07) is 7.14. The average molecular weight is 355 g/mol. The lowest BCUT2D eigenvalue weighted by Gasteiger charge is -2.29. The van der Waals surface area contributed by atoms with Gasteiger partial charge in [0.1, 0.15) is 6.54 Å². The van der Waals surface area contributed by atoms with Gasteiger partial charge in [0, 0.05) is 19.4 Å². The van der Waals surface area contributed by atoms with Gasteiger partial charge in [-0.05, 0) is 32.1 Å². The molecule has 24 heavy (non-hydrogen) atoms. The molecule has 0 aliphatic carbocycles. The maximum absolute atomic E-state index is 12.3. The summed E-state index contributed by atoms with van der Waals surface area (Å²) in [7, 11) is 1.85. The predicted octanol–water partition coefficient (Wildman–Crippen LogP) is 0.899. The van der Waals surface area contributed by atoms with Crippen molar-refractivity contribution in [3.8, 4) is 0 Å². The number of carbonyl (C=O) groups is 3. The van der Waals surface area contributed by atoms with E-state index in [0.717, 1.165) is 13.0 Å².